The average molecular weight is 438 g/mol. The van der Waals surface area contributed by atoms with E-state index in [0.29, 0.717) is 15.8 Å². The molecule has 162 valence electrons. The van der Waals surface area contributed by atoms with Gasteiger partial charge in [0, 0.05) is 34.3 Å². The summed E-state index contributed by atoms with van der Waals surface area (Å²) in [5, 5.41) is 8.39. The lowest BCUT2D eigenvalue weighted by Gasteiger charge is -2.12. The Balaban J connectivity index is 1.51. The summed E-state index contributed by atoms with van der Waals surface area (Å²) in [6.45, 7) is 3.49. The Morgan fingerprint density at radius 1 is 1.03 bits per heavy atom. The molecular formula is C23H17F3N4O2. The van der Waals surface area contributed by atoms with Gasteiger partial charge in [-0.15, -0.1) is 0 Å². The number of anilines is 1. The number of aromatic nitrogens is 3. The van der Waals surface area contributed by atoms with Crippen molar-refractivity contribution >= 4 is 39.2 Å². The standard InChI is InChI=1S/C23H17F3N4O2/c1-12(2)16-10-20(23(24,25)26)30-21(28-16)11-17(29-30)22(31)27-13-7-8-15-14-5-3-4-6-18(14)32-19(15)9-13/h3-12H,1-2H3,(H,27,31). The zero-order chi connectivity index (χ0) is 22.6. The molecule has 1 amide bonds. The Morgan fingerprint density at radius 2 is 1.78 bits per heavy atom. The van der Waals surface area contributed by atoms with E-state index in [1.54, 1.807) is 26.0 Å². The van der Waals surface area contributed by atoms with Crippen LogP contribution in [0.25, 0.3) is 27.6 Å². The van der Waals surface area contributed by atoms with Gasteiger partial charge in [-0.1, -0.05) is 32.0 Å². The van der Waals surface area contributed by atoms with E-state index >= 15 is 0 Å². The number of halogens is 3. The van der Waals surface area contributed by atoms with Crippen LogP contribution < -0.4 is 5.32 Å². The molecule has 3 heterocycles. The number of benzene rings is 2. The van der Waals surface area contributed by atoms with Crippen molar-refractivity contribution in [2.24, 2.45) is 0 Å². The summed E-state index contributed by atoms with van der Waals surface area (Å²) in [7, 11) is 0. The van der Waals surface area contributed by atoms with Gasteiger partial charge in [0.25, 0.3) is 5.91 Å². The molecular weight excluding hydrogens is 421 g/mol. The van der Waals surface area contributed by atoms with Crippen molar-refractivity contribution in [2.45, 2.75) is 25.9 Å². The number of rotatable bonds is 3. The van der Waals surface area contributed by atoms with Crippen LogP contribution in [-0.4, -0.2) is 20.5 Å². The van der Waals surface area contributed by atoms with Gasteiger partial charge in [0.05, 0.1) is 0 Å². The highest BCUT2D eigenvalue weighted by molar-refractivity contribution is 6.08. The predicted molar refractivity (Wildman–Crippen MR) is 114 cm³/mol. The van der Waals surface area contributed by atoms with E-state index in [-0.39, 0.29) is 23.0 Å². The molecule has 0 bridgehead atoms. The van der Waals surface area contributed by atoms with Crippen LogP contribution in [0.1, 0.15) is 41.6 Å². The van der Waals surface area contributed by atoms with Gasteiger partial charge in [0.1, 0.15) is 16.9 Å². The van der Waals surface area contributed by atoms with Gasteiger partial charge in [-0.05, 0) is 30.2 Å². The van der Waals surface area contributed by atoms with Gasteiger partial charge in [0.15, 0.2) is 11.3 Å². The molecule has 5 rings (SSSR count). The molecule has 0 aliphatic heterocycles. The molecule has 0 fully saturated rings. The van der Waals surface area contributed by atoms with Crippen LogP contribution in [0, 0.1) is 0 Å². The molecule has 0 spiro atoms. The molecule has 0 radical (unpaired) electrons. The third-order valence-corrected chi connectivity index (χ3v) is 5.20. The Hall–Kier alpha value is -3.88. The molecule has 1 N–H and O–H groups in total. The maximum absolute atomic E-state index is 13.6. The zero-order valence-electron chi connectivity index (χ0n) is 17.1. The molecule has 2 aromatic carbocycles. The molecule has 0 unspecified atom stereocenters. The van der Waals surface area contributed by atoms with Crippen molar-refractivity contribution in [1.29, 1.82) is 0 Å². The first-order valence-corrected chi connectivity index (χ1v) is 9.91. The number of hydrogen-bond acceptors (Lipinski definition) is 4. The summed E-state index contributed by atoms with van der Waals surface area (Å²) >= 11 is 0. The number of para-hydroxylation sites is 1. The third kappa shape index (κ3) is 3.35. The van der Waals surface area contributed by atoms with Crippen LogP contribution in [0.4, 0.5) is 18.9 Å². The van der Waals surface area contributed by atoms with Gasteiger partial charge in [-0.2, -0.15) is 18.3 Å². The van der Waals surface area contributed by atoms with Crippen molar-refractivity contribution in [1.82, 2.24) is 14.6 Å². The van der Waals surface area contributed by atoms with Crippen LogP contribution in [0.15, 0.2) is 59.0 Å². The fourth-order valence-corrected chi connectivity index (χ4v) is 3.60. The summed E-state index contributed by atoms with van der Waals surface area (Å²) in [4.78, 5) is 17.0. The lowest BCUT2D eigenvalue weighted by Crippen LogP contribution is -2.16. The van der Waals surface area contributed by atoms with E-state index in [1.165, 1.54) is 6.07 Å². The van der Waals surface area contributed by atoms with E-state index in [2.05, 4.69) is 15.4 Å². The second-order valence-corrected chi connectivity index (χ2v) is 7.78. The Bertz CT molecular complexity index is 1500. The van der Waals surface area contributed by atoms with Crippen molar-refractivity contribution in [2.75, 3.05) is 5.32 Å². The molecule has 0 saturated heterocycles. The van der Waals surface area contributed by atoms with Crippen LogP contribution in [-0.2, 0) is 6.18 Å². The zero-order valence-corrected chi connectivity index (χ0v) is 17.1. The molecule has 3 aromatic heterocycles. The second kappa shape index (κ2) is 7.08. The highest BCUT2D eigenvalue weighted by atomic mass is 19.4. The summed E-state index contributed by atoms with van der Waals surface area (Å²) < 4.78 is 47.1. The van der Waals surface area contributed by atoms with Crippen LogP contribution in [0.5, 0.6) is 0 Å². The second-order valence-electron chi connectivity index (χ2n) is 7.78. The normalized spacial score (nSPS) is 12.3. The topological polar surface area (TPSA) is 72.4 Å². The quantitative estimate of drug-likeness (QED) is 0.374. The molecule has 0 aliphatic carbocycles. The molecule has 32 heavy (non-hydrogen) atoms. The third-order valence-electron chi connectivity index (χ3n) is 5.20. The van der Waals surface area contributed by atoms with Gasteiger partial charge in [0.2, 0.25) is 0 Å². The maximum atomic E-state index is 13.6. The van der Waals surface area contributed by atoms with Crippen LogP contribution in [0.2, 0.25) is 0 Å². The first-order valence-electron chi connectivity index (χ1n) is 9.91. The highest BCUT2D eigenvalue weighted by Gasteiger charge is 2.35. The fraction of sp³-hybridized carbons (Fsp3) is 0.174. The molecule has 6 nitrogen and oxygen atoms in total. The SMILES string of the molecule is CC(C)c1cc(C(F)(F)F)n2nc(C(=O)Nc3ccc4c(c3)oc3ccccc34)cc2n1. The largest absolute Gasteiger partial charge is 0.456 e. The van der Waals surface area contributed by atoms with Crippen molar-refractivity contribution in [3.63, 3.8) is 0 Å². The van der Waals surface area contributed by atoms with Crippen molar-refractivity contribution in [3.8, 4) is 0 Å². The number of fused-ring (bicyclic) bond motifs is 4. The molecule has 0 atom stereocenters. The fourth-order valence-electron chi connectivity index (χ4n) is 3.60. The number of amides is 1. The molecule has 0 saturated carbocycles. The number of alkyl halides is 3. The minimum atomic E-state index is -4.64. The average Bonchev–Trinajstić information content (AvgIpc) is 3.33. The predicted octanol–water partition coefficient (Wildman–Crippen LogP) is 6.02. The van der Waals surface area contributed by atoms with Gasteiger partial charge >= 0.3 is 6.18 Å². The van der Waals surface area contributed by atoms with Gasteiger partial charge in [-0.25, -0.2) is 9.50 Å². The Labute approximate surface area is 179 Å². The Kier molecular flexibility index (Phi) is 4.44. The highest BCUT2D eigenvalue weighted by Crippen LogP contribution is 2.32. The summed E-state index contributed by atoms with van der Waals surface area (Å²) in [6.07, 6.45) is -4.64. The molecule has 5 aromatic rings. The number of carbonyl (C=O) groups is 1. The Morgan fingerprint density at radius 3 is 2.53 bits per heavy atom. The van der Waals surface area contributed by atoms with E-state index in [9.17, 15) is 18.0 Å². The first-order chi connectivity index (χ1) is 15.2. The number of nitrogens with zero attached hydrogens (tertiary/aromatic N) is 3. The van der Waals surface area contributed by atoms with Crippen LogP contribution >= 0.6 is 0 Å². The van der Waals surface area contributed by atoms with Crippen LogP contribution in [0.3, 0.4) is 0 Å². The number of hydrogen-bond donors (Lipinski definition) is 1. The smallest absolute Gasteiger partial charge is 0.433 e. The van der Waals surface area contributed by atoms with E-state index in [4.69, 9.17) is 4.42 Å². The van der Waals surface area contributed by atoms with E-state index < -0.39 is 17.8 Å². The number of nitrogens with one attached hydrogen (secondary N) is 1. The summed E-state index contributed by atoms with van der Waals surface area (Å²) in [5.74, 6) is -0.867. The number of furan rings is 1. The van der Waals surface area contributed by atoms with Gasteiger partial charge < -0.3 is 9.73 Å². The van der Waals surface area contributed by atoms with Crippen molar-refractivity contribution < 1.29 is 22.4 Å². The monoisotopic (exact) mass is 438 g/mol. The molecule has 9 heteroatoms. The van der Waals surface area contributed by atoms with Gasteiger partial charge in [-0.3, -0.25) is 4.79 Å². The van der Waals surface area contributed by atoms with E-state index in [1.807, 2.05) is 30.3 Å². The lowest BCUT2D eigenvalue weighted by atomic mass is 10.1. The lowest BCUT2D eigenvalue weighted by molar-refractivity contribution is -0.142. The van der Waals surface area contributed by atoms with Crippen molar-refractivity contribution in [3.05, 3.63) is 71.7 Å². The minimum Gasteiger partial charge on any atom is -0.456 e. The first kappa shape index (κ1) is 20.0. The summed E-state index contributed by atoms with van der Waals surface area (Å²) in [5.41, 5.74) is 0.820. The summed E-state index contributed by atoms with van der Waals surface area (Å²) in [6, 6.07) is 15.0. The minimum absolute atomic E-state index is 0.0404. The van der Waals surface area contributed by atoms with E-state index in [0.717, 1.165) is 22.4 Å². The molecule has 0 aliphatic rings. The maximum Gasteiger partial charge on any atom is 0.433 e. The number of carbonyl (C=O) groups excluding carboxylic acids is 1.